The van der Waals surface area contributed by atoms with Crippen LogP contribution in [0.3, 0.4) is 0 Å². The molecule has 1 aromatic heterocycles. The second-order valence-corrected chi connectivity index (χ2v) is 6.34. The lowest BCUT2D eigenvalue weighted by Gasteiger charge is -2.18. The van der Waals surface area contributed by atoms with Crippen LogP contribution in [0.4, 0.5) is 8.78 Å². The molecule has 0 atom stereocenters. The Labute approximate surface area is 162 Å². The Morgan fingerprint density at radius 3 is 2.68 bits per heavy atom. The van der Waals surface area contributed by atoms with E-state index in [0.717, 1.165) is 24.4 Å². The van der Waals surface area contributed by atoms with E-state index in [0.29, 0.717) is 17.7 Å². The first-order valence-corrected chi connectivity index (χ1v) is 8.91. The van der Waals surface area contributed by atoms with Crippen molar-refractivity contribution in [2.75, 3.05) is 7.05 Å². The summed E-state index contributed by atoms with van der Waals surface area (Å²) >= 11 is 0. The quantitative estimate of drug-likeness (QED) is 0.617. The molecule has 1 amide bonds. The van der Waals surface area contributed by atoms with Crippen LogP contribution in [-0.2, 0) is 19.7 Å². The fraction of sp³-hybridized carbons (Fsp3) is 0.238. The van der Waals surface area contributed by atoms with Crippen LogP contribution in [-0.4, -0.2) is 27.6 Å². The van der Waals surface area contributed by atoms with Crippen molar-refractivity contribution in [3.8, 4) is 5.75 Å². The molecule has 3 aromatic rings. The van der Waals surface area contributed by atoms with E-state index in [-0.39, 0.29) is 18.3 Å². The smallest absolute Gasteiger partial charge is 0.254 e. The molecule has 7 heteroatoms. The van der Waals surface area contributed by atoms with Crippen LogP contribution in [0.15, 0.2) is 54.7 Å². The summed E-state index contributed by atoms with van der Waals surface area (Å²) in [5, 5.41) is 4.39. The summed E-state index contributed by atoms with van der Waals surface area (Å²) in [6.45, 7) is 3.11. The summed E-state index contributed by atoms with van der Waals surface area (Å²) in [6, 6.07) is 12.0. The van der Waals surface area contributed by atoms with Crippen molar-refractivity contribution in [2.24, 2.45) is 0 Å². The molecule has 0 aliphatic carbocycles. The van der Waals surface area contributed by atoms with E-state index >= 15 is 0 Å². The van der Waals surface area contributed by atoms with Gasteiger partial charge in [-0.1, -0.05) is 18.2 Å². The molecule has 0 aliphatic rings. The lowest BCUT2D eigenvalue weighted by Crippen LogP contribution is -2.27. The van der Waals surface area contributed by atoms with E-state index < -0.39 is 11.6 Å². The zero-order valence-electron chi connectivity index (χ0n) is 15.7. The highest BCUT2D eigenvalue weighted by Crippen LogP contribution is 2.21. The number of hydrogen-bond acceptors (Lipinski definition) is 3. The van der Waals surface area contributed by atoms with Gasteiger partial charge < -0.3 is 9.64 Å². The largest absolute Gasteiger partial charge is 0.486 e. The molecule has 1 heterocycles. The van der Waals surface area contributed by atoms with Crippen LogP contribution in [0.2, 0.25) is 0 Å². The average molecular weight is 385 g/mol. The molecule has 28 heavy (non-hydrogen) atoms. The first kappa shape index (κ1) is 19.5. The third kappa shape index (κ3) is 4.54. The van der Waals surface area contributed by atoms with E-state index in [4.69, 9.17) is 4.74 Å². The molecular formula is C21H21F2N3O2. The van der Waals surface area contributed by atoms with Crippen LogP contribution in [0.25, 0.3) is 0 Å². The van der Waals surface area contributed by atoms with Crippen molar-refractivity contribution in [3.63, 3.8) is 0 Å². The number of rotatable bonds is 7. The first-order valence-electron chi connectivity index (χ1n) is 8.91. The lowest BCUT2D eigenvalue weighted by atomic mass is 10.1. The van der Waals surface area contributed by atoms with Crippen molar-refractivity contribution >= 4 is 5.91 Å². The van der Waals surface area contributed by atoms with E-state index in [1.54, 1.807) is 40.9 Å². The number of ether oxygens (including phenoxy) is 1. The maximum absolute atomic E-state index is 13.8. The zero-order valence-corrected chi connectivity index (χ0v) is 15.7. The fourth-order valence-corrected chi connectivity index (χ4v) is 2.79. The van der Waals surface area contributed by atoms with Gasteiger partial charge in [0.25, 0.3) is 5.91 Å². The predicted octanol–water partition coefficient (Wildman–Crippen LogP) is 4.03. The second kappa shape index (κ2) is 8.65. The average Bonchev–Trinajstić information content (AvgIpc) is 3.14. The van der Waals surface area contributed by atoms with Crippen molar-refractivity contribution in [1.29, 1.82) is 0 Å². The Morgan fingerprint density at radius 1 is 1.18 bits per heavy atom. The van der Waals surface area contributed by atoms with Gasteiger partial charge in [0.1, 0.15) is 12.4 Å². The van der Waals surface area contributed by atoms with Gasteiger partial charge in [-0.25, -0.2) is 8.78 Å². The topological polar surface area (TPSA) is 47.4 Å². The van der Waals surface area contributed by atoms with Crippen molar-refractivity contribution in [1.82, 2.24) is 14.7 Å². The van der Waals surface area contributed by atoms with Gasteiger partial charge in [0.05, 0.1) is 12.2 Å². The minimum absolute atomic E-state index is 0.0111. The molecule has 0 aliphatic heterocycles. The third-order valence-corrected chi connectivity index (χ3v) is 4.29. The summed E-state index contributed by atoms with van der Waals surface area (Å²) in [4.78, 5) is 14.5. The molecule has 0 radical (unpaired) electrons. The molecular weight excluding hydrogens is 364 g/mol. The third-order valence-electron chi connectivity index (χ3n) is 4.29. The number of carbonyl (C=O) groups is 1. The van der Waals surface area contributed by atoms with E-state index in [9.17, 15) is 13.6 Å². The Morgan fingerprint density at radius 2 is 1.96 bits per heavy atom. The summed E-state index contributed by atoms with van der Waals surface area (Å²) in [5.74, 6) is -1.72. The summed E-state index contributed by atoms with van der Waals surface area (Å²) in [6.07, 6.45) is 1.87. The summed E-state index contributed by atoms with van der Waals surface area (Å²) in [7, 11) is 1.70. The molecule has 0 spiro atoms. The first-order chi connectivity index (χ1) is 13.5. The second-order valence-electron chi connectivity index (χ2n) is 6.34. The SMILES string of the molecule is CCn1ccc(CN(C)C(=O)c2ccccc2COc2ccc(F)cc2F)n1. The molecule has 0 bridgehead atoms. The number of amides is 1. The van der Waals surface area contributed by atoms with Crippen molar-refractivity contribution < 1.29 is 18.3 Å². The number of aromatic nitrogens is 2. The normalized spacial score (nSPS) is 10.7. The molecule has 0 N–H and O–H groups in total. The van der Waals surface area contributed by atoms with Gasteiger partial charge >= 0.3 is 0 Å². The Kier molecular flexibility index (Phi) is 6.03. The maximum atomic E-state index is 13.8. The standard InChI is InChI=1S/C21H21F2N3O2/c1-3-26-11-10-17(24-26)13-25(2)21(27)18-7-5-4-6-15(18)14-28-20-9-8-16(22)12-19(20)23/h4-12H,3,13-14H2,1-2H3. The fourth-order valence-electron chi connectivity index (χ4n) is 2.79. The monoisotopic (exact) mass is 385 g/mol. The summed E-state index contributed by atoms with van der Waals surface area (Å²) < 4.78 is 34.0. The predicted molar refractivity (Wildman–Crippen MR) is 101 cm³/mol. The Hall–Kier alpha value is -3.22. The molecule has 2 aromatic carbocycles. The van der Waals surface area contributed by atoms with Crippen LogP contribution >= 0.6 is 0 Å². The minimum atomic E-state index is -0.785. The highest BCUT2D eigenvalue weighted by molar-refractivity contribution is 5.95. The number of nitrogens with zero attached hydrogens (tertiary/aromatic N) is 3. The van der Waals surface area contributed by atoms with Gasteiger partial charge in [0.2, 0.25) is 0 Å². The van der Waals surface area contributed by atoms with Crippen LogP contribution in [0, 0.1) is 11.6 Å². The van der Waals surface area contributed by atoms with Crippen LogP contribution in [0.1, 0.15) is 28.5 Å². The number of hydrogen-bond donors (Lipinski definition) is 0. The summed E-state index contributed by atoms with van der Waals surface area (Å²) in [5.41, 5.74) is 1.87. The van der Waals surface area contributed by atoms with Gasteiger partial charge in [-0.15, -0.1) is 0 Å². The van der Waals surface area contributed by atoms with Gasteiger partial charge in [-0.2, -0.15) is 5.10 Å². The van der Waals surface area contributed by atoms with E-state index in [1.807, 2.05) is 19.2 Å². The number of aryl methyl sites for hydroxylation is 1. The molecule has 0 unspecified atom stereocenters. The molecule has 3 rings (SSSR count). The molecule has 146 valence electrons. The van der Waals surface area contributed by atoms with E-state index in [1.165, 1.54) is 6.07 Å². The maximum Gasteiger partial charge on any atom is 0.254 e. The van der Waals surface area contributed by atoms with Crippen LogP contribution < -0.4 is 4.74 Å². The van der Waals surface area contributed by atoms with Gasteiger partial charge in [-0.05, 0) is 31.2 Å². The highest BCUT2D eigenvalue weighted by Gasteiger charge is 2.17. The van der Waals surface area contributed by atoms with Crippen molar-refractivity contribution in [3.05, 3.63) is 83.2 Å². The molecule has 0 fully saturated rings. The molecule has 5 nitrogen and oxygen atoms in total. The minimum Gasteiger partial charge on any atom is -0.486 e. The molecule has 0 saturated carbocycles. The number of halogens is 2. The highest BCUT2D eigenvalue weighted by atomic mass is 19.1. The van der Waals surface area contributed by atoms with Gasteiger partial charge in [0.15, 0.2) is 11.6 Å². The number of carbonyl (C=O) groups excluding carboxylic acids is 1. The van der Waals surface area contributed by atoms with Gasteiger partial charge in [0, 0.05) is 37.0 Å². The Bertz CT molecular complexity index is 972. The zero-order chi connectivity index (χ0) is 20.1. The Balaban J connectivity index is 1.72. The number of benzene rings is 2. The molecule has 0 saturated heterocycles. The lowest BCUT2D eigenvalue weighted by molar-refractivity contribution is 0.0780. The van der Waals surface area contributed by atoms with E-state index in [2.05, 4.69) is 5.10 Å². The van der Waals surface area contributed by atoms with Crippen molar-refractivity contribution in [2.45, 2.75) is 26.6 Å². The van der Waals surface area contributed by atoms with Crippen LogP contribution in [0.5, 0.6) is 5.75 Å². The van der Waals surface area contributed by atoms with Gasteiger partial charge in [-0.3, -0.25) is 9.48 Å².